The van der Waals surface area contributed by atoms with Crippen LogP contribution in [0.1, 0.15) is 35.3 Å². The maximum Gasteiger partial charge on any atom is 0.326 e. The molecule has 9 heteroatoms. The Kier molecular flexibility index (Phi) is 4.06. The van der Waals surface area contributed by atoms with E-state index in [1.54, 1.807) is 27.7 Å². The van der Waals surface area contributed by atoms with Crippen molar-refractivity contribution in [2.45, 2.75) is 25.8 Å². The van der Waals surface area contributed by atoms with Gasteiger partial charge in [0.05, 0.1) is 11.0 Å². The largest absolute Gasteiger partial charge is 0.338 e. The third kappa shape index (κ3) is 3.01. The lowest BCUT2D eigenvalue weighted by atomic mass is 10.1. The van der Waals surface area contributed by atoms with E-state index in [0.717, 1.165) is 5.52 Å². The number of likely N-dealkylation sites (tertiary alicyclic amines) is 1. The maximum absolute atomic E-state index is 12.8. The van der Waals surface area contributed by atoms with E-state index in [-0.39, 0.29) is 17.5 Å². The lowest BCUT2D eigenvalue weighted by Crippen LogP contribution is -2.29. The SMILES string of the molecule is CCn1c(=O)[nH]c2cc(C(=O)N3CCC(c4cc(=O)[nH]c(=O)[nH]4)C3)ccc21. The molecule has 1 saturated heterocycles. The zero-order valence-corrected chi connectivity index (χ0v) is 14.7. The Labute approximate surface area is 152 Å². The molecule has 3 N–H and O–H groups in total. The predicted molar refractivity (Wildman–Crippen MR) is 99.2 cm³/mol. The number of fused-ring (bicyclic) bond motifs is 1. The number of aryl methyl sites for hydroxylation is 1. The Balaban J connectivity index is 1.58. The second-order valence-corrected chi connectivity index (χ2v) is 6.69. The fourth-order valence-electron chi connectivity index (χ4n) is 3.70. The summed E-state index contributed by atoms with van der Waals surface area (Å²) >= 11 is 0. The summed E-state index contributed by atoms with van der Waals surface area (Å²) in [6, 6.07) is 6.54. The highest BCUT2D eigenvalue weighted by molar-refractivity contribution is 5.97. The van der Waals surface area contributed by atoms with Gasteiger partial charge in [0.2, 0.25) is 0 Å². The second kappa shape index (κ2) is 6.42. The van der Waals surface area contributed by atoms with E-state index in [1.807, 2.05) is 6.92 Å². The van der Waals surface area contributed by atoms with Gasteiger partial charge in [0.25, 0.3) is 11.5 Å². The van der Waals surface area contributed by atoms with Gasteiger partial charge in [-0.05, 0) is 31.5 Å². The number of imidazole rings is 1. The van der Waals surface area contributed by atoms with Gasteiger partial charge in [-0.1, -0.05) is 0 Å². The van der Waals surface area contributed by atoms with E-state index in [4.69, 9.17) is 0 Å². The number of carbonyl (C=O) groups is 1. The summed E-state index contributed by atoms with van der Waals surface area (Å²) in [5.41, 5.74) is 1.23. The minimum absolute atomic E-state index is 0.0892. The van der Waals surface area contributed by atoms with Crippen LogP contribution >= 0.6 is 0 Å². The molecule has 9 nitrogen and oxygen atoms in total. The third-order valence-corrected chi connectivity index (χ3v) is 5.03. The molecule has 0 aliphatic carbocycles. The fraction of sp³-hybridized carbons (Fsp3) is 0.333. The van der Waals surface area contributed by atoms with E-state index in [0.29, 0.717) is 42.8 Å². The monoisotopic (exact) mass is 369 g/mol. The Morgan fingerprint density at radius 3 is 2.70 bits per heavy atom. The van der Waals surface area contributed by atoms with Gasteiger partial charge in [-0.25, -0.2) is 9.59 Å². The van der Waals surface area contributed by atoms with Crippen molar-refractivity contribution in [2.75, 3.05) is 13.1 Å². The molecule has 1 unspecified atom stereocenters. The number of hydrogen-bond acceptors (Lipinski definition) is 4. The number of nitrogens with one attached hydrogen (secondary N) is 3. The van der Waals surface area contributed by atoms with Gasteiger partial charge < -0.3 is 14.9 Å². The van der Waals surface area contributed by atoms with Crippen molar-refractivity contribution in [1.29, 1.82) is 0 Å². The van der Waals surface area contributed by atoms with Crippen molar-refractivity contribution in [2.24, 2.45) is 0 Å². The molecule has 27 heavy (non-hydrogen) atoms. The van der Waals surface area contributed by atoms with Crippen LogP contribution in [-0.2, 0) is 6.54 Å². The van der Waals surface area contributed by atoms with Gasteiger partial charge in [-0.2, -0.15) is 0 Å². The van der Waals surface area contributed by atoms with Crippen LogP contribution in [0.4, 0.5) is 0 Å². The van der Waals surface area contributed by atoms with Crippen molar-refractivity contribution in [3.8, 4) is 0 Å². The highest BCUT2D eigenvalue weighted by atomic mass is 16.2. The standard InChI is InChI=1S/C18H19N5O4/c1-2-23-14-4-3-10(7-13(14)20-18(23)27)16(25)22-6-5-11(9-22)12-8-15(24)21-17(26)19-12/h3-4,7-8,11H,2,5-6,9H2,1H3,(H,20,27)(H2,19,21,24,26). The minimum atomic E-state index is -0.544. The van der Waals surface area contributed by atoms with Crippen LogP contribution in [-0.4, -0.2) is 43.4 Å². The first kappa shape index (κ1) is 17.1. The molecule has 0 bridgehead atoms. The fourth-order valence-corrected chi connectivity index (χ4v) is 3.70. The smallest absolute Gasteiger partial charge is 0.326 e. The molecule has 4 rings (SSSR count). The van der Waals surface area contributed by atoms with Crippen LogP contribution in [0.5, 0.6) is 0 Å². The average molecular weight is 369 g/mol. The summed E-state index contributed by atoms with van der Waals surface area (Å²) in [6.45, 7) is 3.39. The Hall–Kier alpha value is -3.36. The molecule has 1 aliphatic heterocycles. The van der Waals surface area contributed by atoms with Crippen LogP contribution < -0.4 is 16.9 Å². The number of H-pyrrole nitrogens is 3. The number of amides is 1. The highest BCUT2D eigenvalue weighted by Gasteiger charge is 2.29. The predicted octanol–water partition coefficient (Wildman–Crippen LogP) is 0.356. The van der Waals surface area contributed by atoms with E-state index in [1.165, 1.54) is 6.07 Å². The van der Waals surface area contributed by atoms with Crippen LogP contribution in [0.3, 0.4) is 0 Å². The number of aromatic amines is 3. The van der Waals surface area contributed by atoms with Crippen LogP contribution in [0.15, 0.2) is 38.6 Å². The molecule has 1 atom stereocenters. The molecule has 2 aromatic heterocycles. The average Bonchev–Trinajstić information content (AvgIpc) is 3.23. The van der Waals surface area contributed by atoms with Crippen molar-refractivity contribution in [1.82, 2.24) is 24.4 Å². The second-order valence-electron chi connectivity index (χ2n) is 6.69. The van der Waals surface area contributed by atoms with Gasteiger partial charge in [-0.15, -0.1) is 0 Å². The molecule has 0 radical (unpaired) electrons. The molecule has 3 aromatic rings. The Bertz CT molecular complexity index is 1170. The Morgan fingerprint density at radius 2 is 1.96 bits per heavy atom. The first-order valence-corrected chi connectivity index (χ1v) is 8.81. The van der Waals surface area contributed by atoms with Crippen molar-refractivity contribution >= 4 is 16.9 Å². The van der Waals surface area contributed by atoms with Crippen LogP contribution in [0.2, 0.25) is 0 Å². The molecule has 1 amide bonds. The van der Waals surface area contributed by atoms with Crippen LogP contribution in [0.25, 0.3) is 11.0 Å². The van der Waals surface area contributed by atoms with Crippen molar-refractivity contribution in [3.05, 3.63) is 66.8 Å². The van der Waals surface area contributed by atoms with E-state index in [9.17, 15) is 19.2 Å². The maximum atomic E-state index is 12.8. The number of rotatable bonds is 3. The summed E-state index contributed by atoms with van der Waals surface area (Å²) in [4.78, 5) is 57.0. The van der Waals surface area contributed by atoms with Gasteiger partial charge in [-0.3, -0.25) is 19.1 Å². The third-order valence-electron chi connectivity index (χ3n) is 5.03. The molecular weight excluding hydrogens is 350 g/mol. The zero-order chi connectivity index (χ0) is 19.1. The van der Waals surface area contributed by atoms with Crippen molar-refractivity contribution in [3.63, 3.8) is 0 Å². The number of nitrogens with zero attached hydrogens (tertiary/aromatic N) is 2. The minimum Gasteiger partial charge on any atom is -0.338 e. The molecule has 1 fully saturated rings. The van der Waals surface area contributed by atoms with E-state index >= 15 is 0 Å². The zero-order valence-electron chi connectivity index (χ0n) is 14.7. The number of benzene rings is 1. The van der Waals surface area contributed by atoms with E-state index < -0.39 is 11.2 Å². The van der Waals surface area contributed by atoms with E-state index in [2.05, 4.69) is 15.0 Å². The quantitative estimate of drug-likeness (QED) is 0.616. The molecular formula is C18H19N5O4. The summed E-state index contributed by atoms with van der Waals surface area (Å²) in [7, 11) is 0. The molecule has 0 saturated carbocycles. The molecule has 140 valence electrons. The molecule has 0 spiro atoms. The molecule has 3 heterocycles. The summed E-state index contributed by atoms with van der Waals surface area (Å²) in [5.74, 6) is -0.231. The summed E-state index contributed by atoms with van der Waals surface area (Å²) < 4.78 is 1.61. The summed E-state index contributed by atoms with van der Waals surface area (Å²) in [6.07, 6.45) is 0.663. The Morgan fingerprint density at radius 1 is 1.15 bits per heavy atom. The number of hydrogen-bond donors (Lipinski definition) is 3. The van der Waals surface area contributed by atoms with Crippen molar-refractivity contribution < 1.29 is 4.79 Å². The van der Waals surface area contributed by atoms with Gasteiger partial charge in [0.15, 0.2) is 0 Å². The highest BCUT2D eigenvalue weighted by Crippen LogP contribution is 2.26. The van der Waals surface area contributed by atoms with Gasteiger partial charge in [0.1, 0.15) is 0 Å². The van der Waals surface area contributed by atoms with Gasteiger partial charge >= 0.3 is 11.4 Å². The first-order valence-electron chi connectivity index (χ1n) is 8.81. The lowest BCUT2D eigenvalue weighted by Gasteiger charge is -2.16. The topological polar surface area (TPSA) is 124 Å². The summed E-state index contributed by atoms with van der Waals surface area (Å²) in [5, 5.41) is 0. The molecule has 1 aliphatic rings. The van der Waals surface area contributed by atoms with Crippen LogP contribution in [0, 0.1) is 0 Å². The normalized spacial score (nSPS) is 16.9. The number of aromatic nitrogens is 4. The molecule has 1 aromatic carbocycles. The number of carbonyl (C=O) groups excluding carboxylic acids is 1. The first-order chi connectivity index (χ1) is 13.0. The lowest BCUT2D eigenvalue weighted by molar-refractivity contribution is 0.0791. The van der Waals surface area contributed by atoms with Gasteiger partial charge in [0, 0.05) is 42.9 Å².